The van der Waals surface area contributed by atoms with Gasteiger partial charge in [-0.25, -0.2) is 4.98 Å². The Kier molecular flexibility index (Phi) is 1.55. The van der Waals surface area contributed by atoms with E-state index in [1.807, 2.05) is 12.1 Å². The number of para-hydroxylation sites is 2. The first kappa shape index (κ1) is 6.91. The van der Waals surface area contributed by atoms with E-state index in [9.17, 15) is 5.11 Å². The molecule has 2 aromatic rings. The number of hydrogen-bond donors (Lipinski definition) is 1. The second kappa shape index (κ2) is 2.70. The maximum Gasteiger partial charge on any atom is 0.139 e. The first-order chi connectivity index (χ1) is 5.88. The summed E-state index contributed by atoms with van der Waals surface area (Å²) in [6.07, 6.45) is 5.11. The van der Waals surface area contributed by atoms with Crippen molar-refractivity contribution in [3.8, 4) is 11.4 Å². The summed E-state index contributed by atoms with van der Waals surface area (Å²) in [5, 5.41) is 9.43. The molecule has 0 fully saturated rings. The molecule has 3 heteroatoms. The molecule has 0 spiro atoms. The van der Waals surface area contributed by atoms with Gasteiger partial charge in [-0.2, -0.15) is 0 Å². The Morgan fingerprint density at radius 2 is 2.08 bits per heavy atom. The van der Waals surface area contributed by atoms with Gasteiger partial charge in [0, 0.05) is 12.4 Å². The summed E-state index contributed by atoms with van der Waals surface area (Å²) in [6.45, 7) is 0. The molecule has 0 saturated heterocycles. The minimum Gasteiger partial charge on any atom is -0.506 e. The van der Waals surface area contributed by atoms with Crippen LogP contribution in [-0.2, 0) is 0 Å². The first-order valence-corrected chi connectivity index (χ1v) is 3.64. The third-order valence-electron chi connectivity index (χ3n) is 1.66. The van der Waals surface area contributed by atoms with Crippen molar-refractivity contribution in [2.45, 2.75) is 0 Å². The number of rotatable bonds is 1. The number of benzene rings is 1. The van der Waals surface area contributed by atoms with Crippen LogP contribution in [0, 0.1) is 0 Å². The van der Waals surface area contributed by atoms with Gasteiger partial charge in [-0.3, -0.25) is 0 Å². The van der Waals surface area contributed by atoms with E-state index < -0.39 is 0 Å². The van der Waals surface area contributed by atoms with Gasteiger partial charge in [-0.1, -0.05) is 12.1 Å². The van der Waals surface area contributed by atoms with Crippen molar-refractivity contribution in [2.75, 3.05) is 0 Å². The molecule has 1 aromatic carbocycles. The highest BCUT2D eigenvalue weighted by molar-refractivity contribution is 5.45. The van der Waals surface area contributed by atoms with Crippen molar-refractivity contribution in [3.63, 3.8) is 0 Å². The van der Waals surface area contributed by atoms with E-state index >= 15 is 0 Å². The highest BCUT2D eigenvalue weighted by Gasteiger charge is 1.99. The Bertz CT molecular complexity index is 368. The molecule has 0 bridgehead atoms. The normalized spacial score (nSPS) is 10.0. The largest absolute Gasteiger partial charge is 0.506 e. The topological polar surface area (TPSA) is 38.0 Å². The summed E-state index contributed by atoms with van der Waals surface area (Å²) < 4.78 is 1.76. The average Bonchev–Trinajstić information content (AvgIpc) is 2.57. The maximum atomic E-state index is 9.43. The van der Waals surface area contributed by atoms with Crippen LogP contribution in [-0.4, -0.2) is 14.7 Å². The van der Waals surface area contributed by atoms with Gasteiger partial charge in [0.2, 0.25) is 0 Å². The summed E-state index contributed by atoms with van der Waals surface area (Å²) >= 11 is 0. The number of phenols is 1. The molecule has 1 heterocycles. The van der Waals surface area contributed by atoms with Gasteiger partial charge in [-0.15, -0.1) is 0 Å². The van der Waals surface area contributed by atoms with Crippen molar-refractivity contribution < 1.29 is 5.11 Å². The molecule has 0 aliphatic rings. The molecular formula is C9H8N2O. The lowest BCUT2D eigenvalue weighted by atomic mass is 10.3. The maximum absolute atomic E-state index is 9.43. The summed E-state index contributed by atoms with van der Waals surface area (Å²) in [7, 11) is 0. The summed E-state index contributed by atoms with van der Waals surface area (Å²) in [5.41, 5.74) is 0.745. The zero-order valence-corrected chi connectivity index (χ0v) is 6.38. The standard InChI is InChI=1S/C9H8N2O/c12-9-4-2-1-3-8(9)11-6-5-10-7-11/h1-7,12H. The number of nitrogens with zero attached hydrogens (tertiary/aromatic N) is 2. The van der Waals surface area contributed by atoms with Crippen LogP contribution in [0.15, 0.2) is 43.0 Å². The average molecular weight is 160 g/mol. The molecule has 0 aliphatic carbocycles. The second-order valence-corrected chi connectivity index (χ2v) is 2.46. The van der Waals surface area contributed by atoms with E-state index in [0.29, 0.717) is 0 Å². The van der Waals surface area contributed by atoms with Gasteiger partial charge < -0.3 is 9.67 Å². The van der Waals surface area contributed by atoms with Crippen LogP contribution >= 0.6 is 0 Å². The van der Waals surface area contributed by atoms with Crippen LogP contribution < -0.4 is 0 Å². The molecule has 0 saturated carbocycles. The minimum absolute atomic E-state index is 0.260. The van der Waals surface area contributed by atoms with Crippen LogP contribution in [0.2, 0.25) is 0 Å². The van der Waals surface area contributed by atoms with E-state index in [4.69, 9.17) is 0 Å². The Hall–Kier alpha value is -1.77. The van der Waals surface area contributed by atoms with E-state index in [0.717, 1.165) is 5.69 Å². The molecule has 1 N–H and O–H groups in total. The minimum atomic E-state index is 0.260. The number of imidazole rings is 1. The lowest BCUT2D eigenvalue weighted by Gasteiger charge is -2.02. The third kappa shape index (κ3) is 1.05. The monoisotopic (exact) mass is 160 g/mol. The Morgan fingerprint density at radius 1 is 1.25 bits per heavy atom. The third-order valence-corrected chi connectivity index (χ3v) is 1.66. The lowest BCUT2D eigenvalue weighted by Crippen LogP contribution is -1.89. The fourth-order valence-electron chi connectivity index (χ4n) is 1.08. The number of phenolic OH excluding ortho intramolecular Hbond substituents is 1. The summed E-state index contributed by atoms with van der Waals surface area (Å²) in [5.74, 6) is 0.260. The van der Waals surface area contributed by atoms with E-state index in [2.05, 4.69) is 4.98 Å². The van der Waals surface area contributed by atoms with Crippen LogP contribution in [0.3, 0.4) is 0 Å². The summed E-state index contributed by atoms with van der Waals surface area (Å²) in [6, 6.07) is 7.14. The fraction of sp³-hybridized carbons (Fsp3) is 0. The Balaban J connectivity index is 2.55. The van der Waals surface area contributed by atoms with Gasteiger partial charge in [0.1, 0.15) is 5.75 Å². The molecular weight excluding hydrogens is 152 g/mol. The second-order valence-electron chi connectivity index (χ2n) is 2.46. The van der Waals surface area contributed by atoms with Crippen LogP contribution in [0.4, 0.5) is 0 Å². The quantitative estimate of drug-likeness (QED) is 0.687. The van der Waals surface area contributed by atoms with Crippen molar-refractivity contribution >= 4 is 0 Å². The highest BCUT2D eigenvalue weighted by Crippen LogP contribution is 2.19. The van der Waals surface area contributed by atoms with Crippen molar-refractivity contribution in [2.24, 2.45) is 0 Å². The van der Waals surface area contributed by atoms with Crippen LogP contribution in [0.25, 0.3) is 5.69 Å². The predicted molar refractivity (Wildman–Crippen MR) is 45.2 cm³/mol. The molecule has 2 rings (SSSR count). The zero-order chi connectivity index (χ0) is 8.39. The van der Waals surface area contributed by atoms with Crippen LogP contribution in [0.5, 0.6) is 5.75 Å². The Morgan fingerprint density at radius 3 is 2.75 bits per heavy atom. The van der Waals surface area contributed by atoms with E-state index in [1.54, 1.807) is 35.4 Å². The molecule has 60 valence electrons. The van der Waals surface area contributed by atoms with Gasteiger partial charge in [-0.05, 0) is 12.1 Å². The molecule has 0 radical (unpaired) electrons. The summed E-state index contributed by atoms with van der Waals surface area (Å²) in [4.78, 5) is 3.89. The van der Waals surface area contributed by atoms with Gasteiger partial charge in [0.15, 0.2) is 0 Å². The molecule has 12 heavy (non-hydrogen) atoms. The van der Waals surface area contributed by atoms with E-state index in [1.165, 1.54) is 0 Å². The number of hydrogen-bond acceptors (Lipinski definition) is 2. The smallest absolute Gasteiger partial charge is 0.139 e. The molecule has 0 aliphatic heterocycles. The first-order valence-electron chi connectivity index (χ1n) is 3.64. The number of aromatic hydroxyl groups is 1. The fourth-order valence-corrected chi connectivity index (χ4v) is 1.08. The van der Waals surface area contributed by atoms with Crippen molar-refractivity contribution in [1.29, 1.82) is 0 Å². The van der Waals surface area contributed by atoms with E-state index in [-0.39, 0.29) is 5.75 Å². The van der Waals surface area contributed by atoms with Gasteiger partial charge in [0.05, 0.1) is 12.0 Å². The Labute approximate surface area is 69.9 Å². The SMILES string of the molecule is Oc1ccccc1-n1ccnc1. The van der Waals surface area contributed by atoms with Crippen molar-refractivity contribution in [1.82, 2.24) is 9.55 Å². The van der Waals surface area contributed by atoms with Gasteiger partial charge >= 0.3 is 0 Å². The molecule has 0 unspecified atom stereocenters. The molecule has 1 aromatic heterocycles. The molecule has 0 amide bonds. The van der Waals surface area contributed by atoms with Crippen LogP contribution in [0.1, 0.15) is 0 Å². The molecule has 0 atom stereocenters. The van der Waals surface area contributed by atoms with Crippen molar-refractivity contribution in [3.05, 3.63) is 43.0 Å². The van der Waals surface area contributed by atoms with Gasteiger partial charge in [0.25, 0.3) is 0 Å². The zero-order valence-electron chi connectivity index (χ0n) is 6.38. The number of aromatic nitrogens is 2. The lowest BCUT2D eigenvalue weighted by molar-refractivity contribution is 0.472. The molecule has 3 nitrogen and oxygen atoms in total. The predicted octanol–water partition coefficient (Wildman–Crippen LogP) is 1.58. The highest BCUT2D eigenvalue weighted by atomic mass is 16.3.